The van der Waals surface area contributed by atoms with Gasteiger partial charge in [0, 0.05) is 4.47 Å². The molecule has 0 aliphatic heterocycles. The molecule has 1 unspecified atom stereocenters. The topological polar surface area (TPSA) is 26.0 Å². The van der Waals surface area contributed by atoms with Gasteiger partial charge in [-0.15, -0.1) is 0 Å². The first-order valence-electron chi connectivity index (χ1n) is 5.54. The van der Waals surface area contributed by atoms with Crippen LogP contribution < -0.4 is 5.73 Å². The Morgan fingerprint density at radius 1 is 1.40 bits per heavy atom. The van der Waals surface area contributed by atoms with Crippen LogP contribution in [0.3, 0.4) is 0 Å². The van der Waals surface area contributed by atoms with E-state index in [1.54, 1.807) is 0 Å². The average molecular weight is 270 g/mol. The molecule has 0 amide bonds. The standard InChI is InChI=1S/C13H20BrN/c1-3-7-13(2,10-15)9-11-5-4-6-12(14)8-11/h4-6,8H,3,7,9-10,15H2,1-2H3. The third-order valence-corrected chi connectivity index (χ3v) is 3.36. The number of benzene rings is 1. The molecule has 0 fully saturated rings. The van der Waals surface area contributed by atoms with E-state index in [9.17, 15) is 0 Å². The van der Waals surface area contributed by atoms with Crippen LogP contribution in [0, 0.1) is 5.41 Å². The lowest BCUT2D eigenvalue weighted by molar-refractivity contribution is 0.302. The Labute approximate surface area is 101 Å². The highest BCUT2D eigenvalue weighted by Gasteiger charge is 2.21. The van der Waals surface area contributed by atoms with Gasteiger partial charge in [-0.05, 0) is 42.5 Å². The van der Waals surface area contributed by atoms with Gasteiger partial charge in [0.1, 0.15) is 0 Å². The van der Waals surface area contributed by atoms with Crippen LogP contribution in [0.2, 0.25) is 0 Å². The summed E-state index contributed by atoms with van der Waals surface area (Å²) in [4.78, 5) is 0. The minimum atomic E-state index is 0.246. The van der Waals surface area contributed by atoms with Crippen LogP contribution in [0.15, 0.2) is 28.7 Å². The average Bonchev–Trinajstić information content (AvgIpc) is 2.18. The van der Waals surface area contributed by atoms with Crippen molar-refractivity contribution < 1.29 is 0 Å². The maximum atomic E-state index is 5.87. The predicted molar refractivity (Wildman–Crippen MR) is 69.9 cm³/mol. The lowest BCUT2D eigenvalue weighted by atomic mass is 9.80. The molecule has 0 aliphatic carbocycles. The van der Waals surface area contributed by atoms with E-state index in [2.05, 4.69) is 54.0 Å². The maximum Gasteiger partial charge on any atom is 0.0177 e. The molecule has 0 saturated heterocycles. The number of hydrogen-bond donors (Lipinski definition) is 1. The van der Waals surface area contributed by atoms with Crippen molar-refractivity contribution in [3.8, 4) is 0 Å². The van der Waals surface area contributed by atoms with Gasteiger partial charge in [-0.25, -0.2) is 0 Å². The molecule has 84 valence electrons. The summed E-state index contributed by atoms with van der Waals surface area (Å²) < 4.78 is 1.15. The van der Waals surface area contributed by atoms with Crippen LogP contribution >= 0.6 is 15.9 Å². The van der Waals surface area contributed by atoms with E-state index in [-0.39, 0.29) is 5.41 Å². The molecular formula is C13H20BrN. The van der Waals surface area contributed by atoms with Gasteiger partial charge in [0.2, 0.25) is 0 Å². The molecule has 0 saturated carbocycles. The molecule has 2 heteroatoms. The summed E-state index contributed by atoms with van der Waals surface area (Å²) in [5.74, 6) is 0. The van der Waals surface area contributed by atoms with Gasteiger partial charge >= 0.3 is 0 Å². The summed E-state index contributed by atoms with van der Waals surface area (Å²) in [6.45, 7) is 5.25. The Balaban J connectivity index is 2.74. The molecule has 1 nitrogen and oxygen atoms in total. The molecule has 1 aromatic rings. The summed E-state index contributed by atoms with van der Waals surface area (Å²) in [5.41, 5.74) is 7.48. The molecule has 0 aromatic heterocycles. The van der Waals surface area contributed by atoms with Crippen LogP contribution in [0.5, 0.6) is 0 Å². The fraction of sp³-hybridized carbons (Fsp3) is 0.538. The lowest BCUT2D eigenvalue weighted by Gasteiger charge is -2.27. The normalized spacial score (nSPS) is 14.9. The molecule has 0 aliphatic rings. The molecule has 2 N–H and O–H groups in total. The third-order valence-electron chi connectivity index (χ3n) is 2.87. The van der Waals surface area contributed by atoms with Crippen molar-refractivity contribution >= 4 is 15.9 Å². The quantitative estimate of drug-likeness (QED) is 0.866. The summed E-state index contributed by atoms with van der Waals surface area (Å²) in [7, 11) is 0. The first-order chi connectivity index (χ1) is 7.09. The van der Waals surface area contributed by atoms with Crippen molar-refractivity contribution in [3.63, 3.8) is 0 Å². The van der Waals surface area contributed by atoms with Gasteiger partial charge < -0.3 is 5.73 Å². The zero-order valence-corrected chi connectivity index (χ0v) is 11.2. The molecule has 0 radical (unpaired) electrons. The second-order valence-electron chi connectivity index (χ2n) is 4.57. The number of rotatable bonds is 5. The SMILES string of the molecule is CCCC(C)(CN)Cc1cccc(Br)c1. The smallest absolute Gasteiger partial charge is 0.0177 e. The van der Waals surface area contributed by atoms with E-state index in [1.165, 1.54) is 18.4 Å². The van der Waals surface area contributed by atoms with Crippen molar-refractivity contribution in [1.82, 2.24) is 0 Å². The summed E-state index contributed by atoms with van der Waals surface area (Å²) >= 11 is 3.50. The lowest BCUT2D eigenvalue weighted by Crippen LogP contribution is -2.29. The molecule has 1 atom stereocenters. The monoisotopic (exact) mass is 269 g/mol. The molecular weight excluding hydrogens is 250 g/mol. The van der Waals surface area contributed by atoms with E-state index in [0.717, 1.165) is 17.4 Å². The third kappa shape index (κ3) is 3.96. The molecule has 0 spiro atoms. The predicted octanol–water partition coefficient (Wildman–Crippen LogP) is 3.76. The van der Waals surface area contributed by atoms with Crippen LogP contribution in [0.1, 0.15) is 32.3 Å². The summed E-state index contributed by atoms with van der Waals surface area (Å²) in [5, 5.41) is 0. The highest BCUT2D eigenvalue weighted by atomic mass is 79.9. The fourth-order valence-corrected chi connectivity index (χ4v) is 2.45. The number of hydrogen-bond acceptors (Lipinski definition) is 1. The minimum absolute atomic E-state index is 0.246. The van der Waals surface area contributed by atoms with Gasteiger partial charge in [0.15, 0.2) is 0 Å². The first-order valence-corrected chi connectivity index (χ1v) is 6.33. The Morgan fingerprint density at radius 3 is 2.67 bits per heavy atom. The van der Waals surface area contributed by atoms with Gasteiger partial charge in [-0.3, -0.25) is 0 Å². The molecule has 0 bridgehead atoms. The molecule has 1 aromatic carbocycles. The zero-order chi connectivity index (χ0) is 11.3. The second-order valence-corrected chi connectivity index (χ2v) is 5.49. The Bertz CT molecular complexity index is 311. The van der Waals surface area contributed by atoms with E-state index >= 15 is 0 Å². The fourth-order valence-electron chi connectivity index (χ4n) is 2.01. The van der Waals surface area contributed by atoms with Gasteiger partial charge in [-0.2, -0.15) is 0 Å². The van der Waals surface area contributed by atoms with Crippen molar-refractivity contribution in [1.29, 1.82) is 0 Å². The zero-order valence-electron chi connectivity index (χ0n) is 9.59. The van der Waals surface area contributed by atoms with Crippen molar-refractivity contribution in [2.75, 3.05) is 6.54 Å². The van der Waals surface area contributed by atoms with Crippen LogP contribution in [0.4, 0.5) is 0 Å². The van der Waals surface area contributed by atoms with Gasteiger partial charge in [0.25, 0.3) is 0 Å². The van der Waals surface area contributed by atoms with Crippen LogP contribution in [-0.4, -0.2) is 6.54 Å². The Morgan fingerprint density at radius 2 is 2.13 bits per heavy atom. The number of halogens is 1. The number of nitrogens with two attached hydrogens (primary N) is 1. The highest BCUT2D eigenvalue weighted by molar-refractivity contribution is 9.10. The first kappa shape index (κ1) is 12.7. The van der Waals surface area contributed by atoms with Crippen molar-refractivity contribution in [2.45, 2.75) is 33.1 Å². The van der Waals surface area contributed by atoms with Gasteiger partial charge in [-0.1, -0.05) is 48.3 Å². The van der Waals surface area contributed by atoms with Crippen molar-refractivity contribution in [2.24, 2.45) is 11.1 Å². The van der Waals surface area contributed by atoms with Crippen molar-refractivity contribution in [3.05, 3.63) is 34.3 Å². The summed E-state index contributed by atoms with van der Waals surface area (Å²) in [6, 6.07) is 8.50. The highest BCUT2D eigenvalue weighted by Crippen LogP contribution is 2.27. The van der Waals surface area contributed by atoms with E-state index in [4.69, 9.17) is 5.73 Å². The van der Waals surface area contributed by atoms with E-state index in [1.807, 2.05) is 0 Å². The summed E-state index contributed by atoms with van der Waals surface area (Å²) in [6.07, 6.45) is 3.45. The molecule has 15 heavy (non-hydrogen) atoms. The molecule has 1 rings (SSSR count). The van der Waals surface area contributed by atoms with E-state index < -0.39 is 0 Å². The largest absolute Gasteiger partial charge is 0.330 e. The Hall–Kier alpha value is -0.340. The van der Waals surface area contributed by atoms with Crippen LogP contribution in [-0.2, 0) is 6.42 Å². The Kier molecular flexibility index (Phi) is 4.81. The minimum Gasteiger partial charge on any atom is -0.330 e. The van der Waals surface area contributed by atoms with Gasteiger partial charge in [0.05, 0.1) is 0 Å². The van der Waals surface area contributed by atoms with E-state index in [0.29, 0.717) is 0 Å². The molecule has 0 heterocycles. The van der Waals surface area contributed by atoms with Crippen LogP contribution in [0.25, 0.3) is 0 Å². The maximum absolute atomic E-state index is 5.87. The second kappa shape index (κ2) is 5.66.